The molecule has 0 saturated carbocycles. The zero-order chi connectivity index (χ0) is 17.5. The summed E-state index contributed by atoms with van der Waals surface area (Å²) in [6.45, 7) is 4.42. The maximum atomic E-state index is 12.9. The van der Waals surface area contributed by atoms with Gasteiger partial charge in [0.2, 0.25) is 0 Å². The van der Waals surface area contributed by atoms with Crippen LogP contribution in [-0.4, -0.2) is 25.0 Å². The Hall–Kier alpha value is -2.21. The van der Waals surface area contributed by atoms with Gasteiger partial charge in [-0.15, -0.1) is 11.3 Å². The Balaban J connectivity index is 1.85. The lowest BCUT2D eigenvalue weighted by Gasteiger charge is -2.07. The highest BCUT2D eigenvalue weighted by atomic mass is 32.1. The third-order valence-electron chi connectivity index (χ3n) is 3.31. The van der Waals surface area contributed by atoms with E-state index in [1.165, 1.54) is 23.5 Å². The van der Waals surface area contributed by atoms with E-state index in [2.05, 4.69) is 19.2 Å². The maximum Gasteiger partial charge on any atom is 0.348 e. The van der Waals surface area contributed by atoms with Crippen LogP contribution in [0, 0.1) is 11.7 Å². The van der Waals surface area contributed by atoms with Gasteiger partial charge in [-0.2, -0.15) is 0 Å². The minimum atomic E-state index is -0.535. The van der Waals surface area contributed by atoms with Gasteiger partial charge in [0.1, 0.15) is 10.7 Å². The van der Waals surface area contributed by atoms with E-state index in [9.17, 15) is 14.0 Å². The zero-order valence-electron chi connectivity index (χ0n) is 13.7. The first-order chi connectivity index (χ1) is 11.5. The van der Waals surface area contributed by atoms with E-state index in [1.807, 2.05) is 0 Å². The number of hydrogen-bond acceptors (Lipinski definition) is 4. The normalized spacial score (nSPS) is 10.7. The van der Waals surface area contributed by atoms with Gasteiger partial charge in [-0.3, -0.25) is 4.79 Å². The van der Waals surface area contributed by atoms with E-state index in [4.69, 9.17) is 4.74 Å². The topological polar surface area (TPSA) is 55.4 Å². The average molecular weight is 349 g/mol. The summed E-state index contributed by atoms with van der Waals surface area (Å²) in [7, 11) is 0. The molecule has 1 heterocycles. The van der Waals surface area contributed by atoms with Crippen LogP contribution in [0.5, 0.6) is 0 Å². The Bertz CT molecular complexity index is 695. The van der Waals surface area contributed by atoms with Gasteiger partial charge in [0, 0.05) is 11.4 Å². The highest BCUT2D eigenvalue weighted by Gasteiger charge is 2.13. The number of ether oxygens (including phenoxy) is 1. The minimum Gasteiger partial charge on any atom is -0.451 e. The molecular weight excluding hydrogens is 329 g/mol. The second-order valence-electron chi connectivity index (χ2n) is 5.78. The van der Waals surface area contributed by atoms with Crippen LogP contribution >= 0.6 is 11.3 Å². The minimum absolute atomic E-state index is 0.291. The van der Waals surface area contributed by atoms with Crippen molar-refractivity contribution in [1.29, 1.82) is 0 Å². The van der Waals surface area contributed by atoms with Crippen molar-refractivity contribution in [1.82, 2.24) is 5.32 Å². The van der Waals surface area contributed by atoms with E-state index < -0.39 is 5.97 Å². The number of benzene rings is 1. The van der Waals surface area contributed by atoms with E-state index in [0.717, 1.165) is 16.9 Å². The van der Waals surface area contributed by atoms with Gasteiger partial charge in [0.15, 0.2) is 6.61 Å². The molecule has 2 aromatic rings. The summed E-state index contributed by atoms with van der Waals surface area (Å²) in [5.74, 6) is -0.644. The lowest BCUT2D eigenvalue weighted by molar-refractivity contribution is -0.124. The molecule has 2 rings (SSSR count). The number of rotatable bonds is 7. The molecule has 0 saturated heterocycles. The number of carbonyl (C=O) groups excluding carboxylic acids is 2. The predicted molar refractivity (Wildman–Crippen MR) is 92.5 cm³/mol. The SMILES string of the molecule is CC(C)CCNC(=O)COC(=O)c1ccc(-c2ccc(F)cc2)s1. The third-order valence-corrected chi connectivity index (χ3v) is 4.43. The smallest absolute Gasteiger partial charge is 0.348 e. The average Bonchev–Trinajstić information content (AvgIpc) is 3.03. The second-order valence-corrected chi connectivity index (χ2v) is 6.86. The third kappa shape index (κ3) is 5.45. The number of esters is 1. The van der Waals surface area contributed by atoms with Gasteiger partial charge >= 0.3 is 5.97 Å². The fourth-order valence-corrected chi connectivity index (χ4v) is 2.88. The van der Waals surface area contributed by atoms with Crippen molar-refractivity contribution in [2.75, 3.05) is 13.2 Å². The number of nitrogens with one attached hydrogen (secondary N) is 1. The maximum absolute atomic E-state index is 12.9. The van der Waals surface area contributed by atoms with Crippen LogP contribution in [0.3, 0.4) is 0 Å². The summed E-state index contributed by atoms with van der Waals surface area (Å²) in [5.41, 5.74) is 0.826. The molecule has 0 aliphatic heterocycles. The fourth-order valence-electron chi connectivity index (χ4n) is 1.97. The Morgan fingerprint density at radius 3 is 2.54 bits per heavy atom. The molecule has 1 amide bonds. The van der Waals surface area contributed by atoms with Crippen molar-refractivity contribution in [3.8, 4) is 10.4 Å². The molecule has 0 fully saturated rings. The first-order valence-electron chi connectivity index (χ1n) is 7.75. The molecule has 0 bridgehead atoms. The Morgan fingerprint density at radius 2 is 1.88 bits per heavy atom. The lowest BCUT2D eigenvalue weighted by atomic mass is 10.1. The van der Waals surface area contributed by atoms with E-state index >= 15 is 0 Å². The Kier molecular flexibility index (Phi) is 6.49. The van der Waals surface area contributed by atoms with E-state index in [1.54, 1.807) is 24.3 Å². The molecule has 0 atom stereocenters. The van der Waals surface area contributed by atoms with Gasteiger partial charge in [-0.25, -0.2) is 9.18 Å². The summed E-state index contributed by atoms with van der Waals surface area (Å²) in [5, 5.41) is 2.71. The van der Waals surface area contributed by atoms with Crippen LogP contribution in [0.1, 0.15) is 29.9 Å². The van der Waals surface area contributed by atoms with Crippen LogP contribution in [0.25, 0.3) is 10.4 Å². The molecule has 0 unspecified atom stereocenters. The van der Waals surface area contributed by atoms with Gasteiger partial charge in [-0.1, -0.05) is 26.0 Å². The molecule has 0 aliphatic carbocycles. The lowest BCUT2D eigenvalue weighted by Crippen LogP contribution is -2.30. The number of thiophene rings is 1. The van der Waals surface area contributed by atoms with Crippen LogP contribution in [0.4, 0.5) is 4.39 Å². The van der Waals surface area contributed by atoms with Crippen LogP contribution in [-0.2, 0) is 9.53 Å². The highest BCUT2D eigenvalue weighted by Crippen LogP contribution is 2.28. The standard InChI is InChI=1S/C18H20FNO3S/c1-12(2)9-10-20-17(21)11-23-18(22)16-8-7-15(24-16)13-3-5-14(19)6-4-13/h3-8,12H,9-11H2,1-2H3,(H,20,21). The summed E-state index contributed by atoms with van der Waals surface area (Å²) < 4.78 is 18.0. The summed E-state index contributed by atoms with van der Waals surface area (Å²) in [6, 6.07) is 9.46. The molecule has 1 aromatic carbocycles. The van der Waals surface area contributed by atoms with Crippen molar-refractivity contribution in [2.45, 2.75) is 20.3 Å². The molecule has 1 aromatic heterocycles. The van der Waals surface area contributed by atoms with E-state index in [0.29, 0.717) is 17.3 Å². The van der Waals surface area contributed by atoms with Gasteiger partial charge < -0.3 is 10.1 Å². The first-order valence-corrected chi connectivity index (χ1v) is 8.57. The monoisotopic (exact) mass is 349 g/mol. The Morgan fingerprint density at radius 1 is 1.17 bits per heavy atom. The summed E-state index contributed by atoms with van der Waals surface area (Å²) in [6.07, 6.45) is 0.881. The first kappa shape index (κ1) is 18.1. The van der Waals surface area contributed by atoms with Crippen molar-refractivity contribution >= 4 is 23.2 Å². The number of carbonyl (C=O) groups is 2. The summed E-state index contributed by atoms with van der Waals surface area (Å²) >= 11 is 1.24. The van der Waals surface area contributed by atoms with Crippen LogP contribution in [0.15, 0.2) is 36.4 Å². The predicted octanol–water partition coefficient (Wildman–Crippen LogP) is 3.87. The van der Waals surface area contributed by atoms with Gasteiger partial charge in [-0.05, 0) is 42.2 Å². The Labute approximate surface area is 144 Å². The molecular formula is C18H20FNO3S. The van der Waals surface area contributed by atoms with Crippen molar-refractivity contribution in [3.05, 3.63) is 47.1 Å². The van der Waals surface area contributed by atoms with Crippen LogP contribution < -0.4 is 5.32 Å². The van der Waals surface area contributed by atoms with Gasteiger partial charge in [0.05, 0.1) is 0 Å². The van der Waals surface area contributed by atoms with Gasteiger partial charge in [0.25, 0.3) is 5.91 Å². The van der Waals surface area contributed by atoms with Crippen LogP contribution in [0.2, 0.25) is 0 Å². The van der Waals surface area contributed by atoms with Crippen molar-refractivity contribution < 1.29 is 18.7 Å². The molecule has 1 N–H and O–H groups in total. The molecule has 0 radical (unpaired) electrons. The molecule has 4 nitrogen and oxygen atoms in total. The molecule has 24 heavy (non-hydrogen) atoms. The largest absolute Gasteiger partial charge is 0.451 e. The molecule has 0 aliphatic rings. The molecule has 0 spiro atoms. The second kappa shape index (κ2) is 8.59. The summed E-state index contributed by atoms with van der Waals surface area (Å²) in [4.78, 5) is 24.8. The number of hydrogen-bond donors (Lipinski definition) is 1. The fraction of sp³-hybridized carbons (Fsp3) is 0.333. The molecule has 6 heteroatoms. The number of amides is 1. The van der Waals surface area contributed by atoms with Crippen molar-refractivity contribution in [2.24, 2.45) is 5.92 Å². The highest BCUT2D eigenvalue weighted by molar-refractivity contribution is 7.17. The quantitative estimate of drug-likeness (QED) is 0.772. The van der Waals surface area contributed by atoms with E-state index in [-0.39, 0.29) is 18.3 Å². The molecule has 128 valence electrons. The number of halogens is 1. The zero-order valence-corrected chi connectivity index (χ0v) is 14.5. The van der Waals surface area contributed by atoms with Crippen molar-refractivity contribution in [3.63, 3.8) is 0 Å².